The number of nitrogens with zero attached hydrogens (tertiary/aromatic N) is 3. The van der Waals surface area contributed by atoms with Gasteiger partial charge in [-0.05, 0) is 55.0 Å². The number of amides is 3. The third-order valence-corrected chi connectivity index (χ3v) is 6.63. The lowest BCUT2D eigenvalue weighted by Gasteiger charge is -2.25. The molecule has 188 valence electrons. The van der Waals surface area contributed by atoms with Gasteiger partial charge in [-0.1, -0.05) is 23.9 Å². The molecule has 0 radical (unpaired) electrons. The first kappa shape index (κ1) is 24.4. The minimum Gasteiger partial charge on any atom is -0.467 e. The van der Waals surface area contributed by atoms with Crippen LogP contribution in [0.25, 0.3) is 0 Å². The zero-order valence-corrected chi connectivity index (χ0v) is 20.3. The molecule has 0 saturated carbocycles. The Balaban J connectivity index is 1.25. The van der Waals surface area contributed by atoms with Crippen LogP contribution in [-0.2, 0) is 20.9 Å². The van der Waals surface area contributed by atoms with Gasteiger partial charge in [-0.2, -0.15) is 0 Å². The molecule has 0 bridgehead atoms. The van der Waals surface area contributed by atoms with Crippen molar-refractivity contribution in [2.24, 2.45) is 9.98 Å². The van der Waals surface area contributed by atoms with E-state index in [4.69, 9.17) is 4.42 Å². The van der Waals surface area contributed by atoms with Crippen molar-refractivity contribution in [2.45, 2.75) is 25.4 Å². The summed E-state index contributed by atoms with van der Waals surface area (Å²) in [5.41, 5.74) is 1.82. The molecule has 0 unspecified atom stereocenters. The Labute approximate surface area is 215 Å². The maximum Gasteiger partial charge on any atom is 0.259 e. The SMILES string of the molecule is O=C(CC[C@@H]1N=C2c3ccccc3N=C(SCC(=O)Nc3ccc(F)cc3)N2C1=O)NCc1ccco1. The van der Waals surface area contributed by atoms with Crippen molar-refractivity contribution in [3.63, 3.8) is 0 Å². The first-order chi connectivity index (χ1) is 18.0. The number of rotatable bonds is 8. The second kappa shape index (κ2) is 10.8. The molecular formula is C26H22FN5O4S. The lowest BCUT2D eigenvalue weighted by atomic mass is 10.1. The summed E-state index contributed by atoms with van der Waals surface area (Å²) in [6.07, 6.45) is 1.88. The molecule has 2 aliphatic rings. The van der Waals surface area contributed by atoms with Gasteiger partial charge in [0.2, 0.25) is 11.8 Å². The largest absolute Gasteiger partial charge is 0.467 e. The summed E-state index contributed by atoms with van der Waals surface area (Å²) < 4.78 is 18.3. The van der Waals surface area contributed by atoms with Gasteiger partial charge in [0, 0.05) is 17.7 Å². The number of nitrogens with one attached hydrogen (secondary N) is 2. The van der Waals surface area contributed by atoms with Crippen molar-refractivity contribution < 1.29 is 23.2 Å². The summed E-state index contributed by atoms with van der Waals surface area (Å²) in [7, 11) is 0. The van der Waals surface area contributed by atoms with E-state index < -0.39 is 11.9 Å². The number of aliphatic imine (C=N–C) groups is 2. The van der Waals surface area contributed by atoms with Crippen LogP contribution in [0, 0.1) is 5.82 Å². The lowest BCUT2D eigenvalue weighted by molar-refractivity contribution is -0.125. The molecule has 3 aromatic rings. The molecule has 0 aliphatic carbocycles. The van der Waals surface area contributed by atoms with E-state index in [-0.39, 0.29) is 42.9 Å². The summed E-state index contributed by atoms with van der Waals surface area (Å²) >= 11 is 1.10. The van der Waals surface area contributed by atoms with E-state index in [0.29, 0.717) is 33.7 Å². The molecule has 0 spiro atoms. The zero-order valence-electron chi connectivity index (χ0n) is 19.5. The van der Waals surface area contributed by atoms with Crippen LogP contribution >= 0.6 is 11.8 Å². The quantitative estimate of drug-likeness (QED) is 0.469. The predicted octanol–water partition coefficient (Wildman–Crippen LogP) is 3.85. The highest BCUT2D eigenvalue weighted by molar-refractivity contribution is 8.14. The van der Waals surface area contributed by atoms with E-state index in [1.165, 1.54) is 35.4 Å². The monoisotopic (exact) mass is 519 g/mol. The number of carbonyl (C=O) groups excluding carboxylic acids is 3. The smallest absolute Gasteiger partial charge is 0.259 e. The van der Waals surface area contributed by atoms with E-state index in [2.05, 4.69) is 20.6 Å². The van der Waals surface area contributed by atoms with Gasteiger partial charge < -0.3 is 15.1 Å². The molecule has 2 aromatic carbocycles. The van der Waals surface area contributed by atoms with Crippen molar-refractivity contribution in [1.29, 1.82) is 0 Å². The van der Waals surface area contributed by atoms with Crippen molar-refractivity contribution in [3.8, 4) is 0 Å². The first-order valence-electron chi connectivity index (χ1n) is 11.5. The van der Waals surface area contributed by atoms with Crippen molar-refractivity contribution in [2.75, 3.05) is 11.1 Å². The number of carbonyl (C=O) groups is 3. The average molecular weight is 520 g/mol. The molecule has 3 amide bonds. The molecule has 5 rings (SSSR count). The van der Waals surface area contributed by atoms with Gasteiger partial charge in [-0.15, -0.1) is 0 Å². The molecule has 2 aliphatic heterocycles. The normalized spacial score (nSPS) is 16.0. The molecule has 11 heteroatoms. The van der Waals surface area contributed by atoms with Crippen LogP contribution in [0.15, 0.2) is 81.3 Å². The summed E-state index contributed by atoms with van der Waals surface area (Å²) in [5.74, 6) is -0.155. The highest BCUT2D eigenvalue weighted by Crippen LogP contribution is 2.34. The zero-order chi connectivity index (χ0) is 25.8. The Hall–Kier alpha value is -4.25. The molecule has 3 heterocycles. The van der Waals surface area contributed by atoms with Crippen LogP contribution in [0.3, 0.4) is 0 Å². The van der Waals surface area contributed by atoms with Crippen molar-refractivity contribution in [1.82, 2.24) is 10.2 Å². The Morgan fingerprint density at radius 1 is 1.05 bits per heavy atom. The summed E-state index contributed by atoms with van der Waals surface area (Å²) in [6, 6.07) is 15.5. The Kier molecular flexibility index (Phi) is 7.13. The maximum absolute atomic E-state index is 13.3. The standard InChI is InChI=1S/C26H22FN5O4S/c27-16-7-9-17(10-8-16)29-23(34)15-37-26-31-20-6-2-1-5-19(20)24-30-21(25(35)32(24)26)11-12-22(33)28-14-18-4-3-13-36-18/h1-10,13,21H,11-12,14-15H2,(H,28,33)(H,29,34)/t21-/m0/s1. The first-order valence-corrected chi connectivity index (χ1v) is 12.5. The van der Waals surface area contributed by atoms with E-state index in [1.54, 1.807) is 12.1 Å². The van der Waals surface area contributed by atoms with Gasteiger partial charge in [0.25, 0.3) is 5.91 Å². The molecule has 0 fully saturated rings. The Morgan fingerprint density at radius 2 is 1.86 bits per heavy atom. The van der Waals surface area contributed by atoms with Crippen molar-refractivity contribution in [3.05, 3.63) is 84.1 Å². The minimum absolute atomic E-state index is 0.0186. The number of benzene rings is 2. The van der Waals surface area contributed by atoms with Gasteiger partial charge in [0.1, 0.15) is 23.5 Å². The highest BCUT2D eigenvalue weighted by atomic mass is 32.2. The number of hydrogen-bond donors (Lipinski definition) is 2. The van der Waals surface area contributed by atoms with E-state index in [1.807, 2.05) is 24.3 Å². The summed E-state index contributed by atoms with van der Waals surface area (Å²) in [5, 5.41) is 5.80. The Morgan fingerprint density at radius 3 is 2.65 bits per heavy atom. The fourth-order valence-corrected chi connectivity index (χ4v) is 4.70. The number of para-hydroxylation sites is 1. The molecule has 2 N–H and O–H groups in total. The second-order valence-corrected chi connectivity index (χ2v) is 9.23. The van der Waals surface area contributed by atoms with Gasteiger partial charge in [-0.3, -0.25) is 19.4 Å². The number of hydrogen-bond acceptors (Lipinski definition) is 7. The molecule has 1 aromatic heterocycles. The topological polar surface area (TPSA) is 116 Å². The molecular weight excluding hydrogens is 497 g/mol. The summed E-state index contributed by atoms with van der Waals surface area (Å²) in [6.45, 7) is 0.270. The van der Waals surface area contributed by atoms with Crippen LogP contribution in [-0.4, -0.2) is 45.4 Å². The highest BCUT2D eigenvalue weighted by Gasteiger charge is 2.41. The minimum atomic E-state index is -0.741. The average Bonchev–Trinajstić information content (AvgIpc) is 3.54. The number of fused-ring (bicyclic) bond motifs is 3. The van der Waals surface area contributed by atoms with Crippen molar-refractivity contribution >= 4 is 51.9 Å². The predicted molar refractivity (Wildman–Crippen MR) is 138 cm³/mol. The fraction of sp³-hybridized carbons (Fsp3) is 0.192. The third-order valence-electron chi connectivity index (χ3n) is 5.69. The van der Waals surface area contributed by atoms with Gasteiger partial charge in [0.05, 0.1) is 24.2 Å². The fourth-order valence-electron chi connectivity index (χ4n) is 3.90. The maximum atomic E-state index is 13.3. The van der Waals surface area contributed by atoms with Gasteiger partial charge in [-0.25, -0.2) is 14.3 Å². The van der Waals surface area contributed by atoms with Crippen LogP contribution in [0.4, 0.5) is 15.8 Å². The molecule has 37 heavy (non-hydrogen) atoms. The number of anilines is 1. The van der Waals surface area contributed by atoms with Crippen LogP contribution < -0.4 is 10.6 Å². The molecule has 1 atom stereocenters. The third kappa shape index (κ3) is 5.61. The van der Waals surface area contributed by atoms with Crippen LogP contribution in [0.2, 0.25) is 0 Å². The van der Waals surface area contributed by atoms with E-state index in [0.717, 1.165) is 11.8 Å². The van der Waals surface area contributed by atoms with Gasteiger partial charge >= 0.3 is 0 Å². The number of halogens is 1. The number of thioether (sulfide) groups is 1. The van der Waals surface area contributed by atoms with Crippen LogP contribution in [0.1, 0.15) is 24.2 Å². The number of amidine groups is 2. The second-order valence-electron chi connectivity index (χ2n) is 8.29. The summed E-state index contributed by atoms with van der Waals surface area (Å²) in [4.78, 5) is 48.8. The molecule has 0 saturated heterocycles. The van der Waals surface area contributed by atoms with Gasteiger partial charge in [0.15, 0.2) is 5.17 Å². The van der Waals surface area contributed by atoms with E-state index >= 15 is 0 Å². The number of furan rings is 1. The van der Waals surface area contributed by atoms with Crippen LogP contribution in [0.5, 0.6) is 0 Å². The molecule has 9 nitrogen and oxygen atoms in total. The van der Waals surface area contributed by atoms with E-state index in [9.17, 15) is 18.8 Å². The lowest BCUT2D eigenvalue weighted by Crippen LogP contribution is -2.41. The Bertz CT molecular complexity index is 1390.